The quantitative estimate of drug-likeness (QED) is 0.0761. The molecular formula is C36H38O19. The Hall–Kier alpha value is -5.35. The number of fused-ring (bicyclic) bond motifs is 1. The SMILES string of the molecule is O=C(C=Cc1ccc(O)cc1)OCC1OC(OC2=C(c3cc(O)c(O)c(O)c3)OC3C=C(O)C=C(OC4OC(CO)C(O)C(O)C4O)C3=C2)C(O)C(O)C1O. The molecule has 12 N–H and O–H groups in total. The summed E-state index contributed by atoms with van der Waals surface area (Å²) in [6, 6.07) is 7.84. The van der Waals surface area contributed by atoms with Crippen LogP contribution in [0.2, 0.25) is 0 Å². The minimum atomic E-state index is -1.96. The number of aliphatic hydroxyl groups is 8. The number of aliphatic hydroxyl groups excluding tert-OH is 8. The number of ether oxygens (including phenoxy) is 6. The number of hydrogen-bond donors (Lipinski definition) is 12. The van der Waals surface area contributed by atoms with Crippen molar-refractivity contribution in [2.24, 2.45) is 0 Å². The van der Waals surface area contributed by atoms with Crippen LogP contribution >= 0.6 is 0 Å². The molecule has 296 valence electrons. The average Bonchev–Trinajstić information content (AvgIpc) is 3.16. The Morgan fingerprint density at radius 1 is 0.745 bits per heavy atom. The molecule has 0 bridgehead atoms. The van der Waals surface area contributed by atoms with Crippen LogP contribution in [-0.2, 0) is 33.2 Å². The van der Waals surface area contributed by atoms with E-state index in [0.717, 1.165) is 24.3 Å². The first-order valence-corrected chi connectivity index (χ1v) is 16.6. The van der Waals surface area contributed by atoms with Gasteiger partial charge in [-0.3, -0.25) is 0 Å². The third-order valence-corrected chi connectivity index (χ3v) is 8.98. The fourth-order valence-electron chi connectivity index (χ4n) is 5.96. The summed E-state index contributed by atoms with van der Waals surface area (Å²) in [7, 11) is 0. The van der Waals surface area contributed by atoms with E-state index in [9.17, 15) is 66.1 Å². The van der Waals surface area contributed by atoms with Crippen molar-refractivity contribution < 1.29 is 94.5 Å². The molecule has 0 spiro atoms. The third kappa shape index (κ3) is 8.34. The number of hydrogen-bond acceptors (Lipinski definition) is 19. The lowest BCUT2D eigenvalue weighted by atomic mass is 9.96. The van der Waals surface area contributed by atoms with E-state index in [4.69, 9.17) is 28.4 Å². The van der Waals surface area contributed by atoms with E-state index in [2.05, 4.69) is 0 Å². The third-order valence-electron chi connectivity index (χ3n) is 8.98. The van der Waals surface area contributed by atoms with E-state index in [1.54, 1.807) is 0 Å². The van der Waals surface area contributed by atoms with Crippen molar-refractivity contribution in [2.45, 2.75) is 67.5 Å². The lowest BCUT2D eigenvalue weighted by molar-refractivity contribution is -0.292. The highest BCUT2D eigenvalue weighted by molar-refractivity contribution is 5.87. The number of benzene rings is 2. The number of phenolic OH excluding ortho intramolecular Hbond substituents is 4. The highest BCUT2D eigenvalue weighted by Gasteiger charge is 2.48. The van der Waals surface area contributed by atoms with E-state index in [-0.39, 0.29) is 34.2 Å². The molecule has 2 aromatic carbocycles. The molecule has 11 atom stereocenters. The fourth-order valence-corrected chi connectivity index (χ4v) is 5.96. The second-order valence-corrected chi connectivity index (χ2v) is 12.8. The molecule has 6 rings (SSSR count). The Balaban J connectivity index is 1.29. The number of phenols is 4. The summed E-state index contributed by atoms with van der Waals surface area (Å²) in [6.07, 6.45) is -12.7. The summed E-state index contributed by atoms with van der Waals surface area (Å²) in [4.78, 5) is 12.4. The Kier molecular flexibility index (Phi) is 11.6. The summed E-state index contributed by atoms with van der Waals surface area (Å²) < 4.78 is 34.2. The smallest absolute Gasteiger partial charge is 0.330 e. The van der Waals surface area contributed by atoms with Gasteiger partial charge < -0.3 is 89.7 Å². The van der Waals surface area contributed by atoms with Crippen LogP contribution in [0.1, 0.15) is 11.1 Å². The predicted octanol–water partition coefficient (Wildman–Crippen LogP) is -1.26. The summed E-state index contributed by atoms with van der Waals surface area (Å²) >= 11 is 0. The van der Waals surface area contributed by atoms with Gasteiger partial charge in [-0.15, -0.1) is 0 Å². The maximum absolute atomic E-state index is 12.4. The molecule has 0 radical (unpaired) electrons. The monoisotopic (exact) mass is 774 g/mol. The van der Waals surface area contributed by atoms with Crippen LogP contribution in [0.25, 0.3) is 11.8 Å². The fraction of sp³-hybridized carbons (Fsp3) is 0.361. The lowest BCUT2D eigenvalue weighted by Gasteiger charge is -2.41. The molecule has 19 heteroatoms. The first kappa shape index (κ1) is 39.3. The van der Waals surface area contributed by atoms with Crippen LogP contribution in [0.3, 0.4) is 0 Å². The topological polar surface area (TPSA) is 315 Å². The minimum Gasteiger partial charge on any atom is -0.508 e. The Morgan fingerprint density at radius 2 is 1.35 bits per heavy atom. The van der Waals surface area contributed by atoms with Crippen molar-refractivity contribution in [2.75, 3.05) is 13.2 Å². The number of carbonyl (C=O) groups excluding carboxylic acids is 1. The molecule has 3 heterocycles. The molecule has 2 saturated heterocycles. The van der Waals surface area contributed by atoms with Gasteiger partial charge in [-0.25, -0.2) is 4.79 Å². The van der Waals surface area contributed by atoms with Gasteiger partial charge in [-0.2, -0.15) is 0 Å². The number of esters is 1. The van der Waals surface area contributed by atoms with E-state index >= 15 is 0 Å². The maximum atomic E-state index is 12.4. The van der Waals surface area contributed by atoms with Gasteiger partial charge in [0, 0.05) is 29.4 Å². The first-order chi connectivity index (χ1) is 26.1. The first-order valence-electron chi connectivity index (χ1n) is 16.6. The Morgan fingerprint density at radius 3 is 1.98 bits per heavy atom. The lowest BCUT2D eigenvalue weighted by Crippen LogP contribution is -2.59. The summed E-state index contributed by atoms with van der Waals surface area (Å²) in [6.45, 7) is -1.40. The molecule has 0 saturated carbocycles. The number of rotatable bonds is 10. The van der Waals surface area contributed by atoms with Gasteiger partial charge in [0.05, 0.1) is 6.61 Å². The van der Waals surface area contributed by atoms with Crippen molar-refractivity contribution in [1.82, 2.24) is 0 Å². The molecule has 2 fully saturated rings. The van der Waals surface area contributed by atoms with Gasteiger partial charge in [-0.05, 0) is 42.0 Å². The second-order valence-electron chi connectivity index (χ2n) is 12.8. The zero-order valence-corrected chi connectivity index (χ0v) is 28.3. The molecule has 0 amide bonds. The van der Waals surface area contributed by atoms with E-state index in [0.29, 0.717) is 5.56 Å². The van der Waals surface area contributed by atoms with Crippen LogP contribution in [0.15, 0.2) is 83.6 Å². The average molecular weight is 775 g/mol. The van der Waals surface area contributed by atoms with Gasteiger partial charge in [0.15, 0.2) is 28.8 Å². The molecule has 1 aliphatic carbocycles. The van der Waals surface area contributed by atoms with Crippen LogP contribution in [0.5, 0.6) is 23.0 Å². The van der Waals surface area contributed by atoms with Crippen LogP contribution < -0.4 is 0 Å². The number of allylic oxidation sites excluding steroid dienone is 2. The standard InChI is InChI=1S/C36H38O19/c37-12-24-28(44)30(46)32(48)35(54-24)52-22-10-17(39)9-21-18(22)11-23(34(51-21)15-7-19(40)27(43)20(41)8-15)53-36-33(49)31(47)29(45)25(55-36)13-50-26(42)6-3-14-1-4-16(38)5-2-14/h1-11,21,24-25,28-33,35-41,43-49H,12-13H2. The highest BCUT2D eigenvalue weighted by atomic mass is 16.7. The molecule has 11 unspecified atom stereocenters. The molecule has 0 aromatic heterocycles. The van der Waals surface area contributed by atoms with Gasteiger partial charge in [0.1, 0.15) is 78.8 Å². The molecule has 19 nitrogen and oxygen atoms in total. The van der Waals surface area contributed by atoms with Crippen molar-refractivity contribution in [1.29, 1.82) is 0 Å². The zero-order chi connectivity index (χ0) is 39.7. The predicted molar refractivity (Wildman–Crippen MR) is 181 cm³/mol. The normalized spacial score (nSPS) is 32.1. The van der Waals surface area contributed by atoms with Crippen molar-refractivity contribution in [3.05, 3.63) is 94.7 Å². The number of carbonyl (C=O) groups is 1. The van der Waals surface area contributed by atoms with E-state index in [1.807, 2.05) is 0 Å². The largest absolute Gasteiger partial charge is 0.508 e. The number of aromatic hydroxyl groups is 4. The molecule has 2 aromatic rings. The maximum Gasteiger partial charge on any atom is 0.330 e. The van der Waals surface area contributed by atoms with Gasteiger partial charge >= 0.3 is 5.97 Å². The van der Waals surface area contributed by atoms with E-state index < -0.39 is 110 Å². The molecule has 55 heavy (non-hydrogen) atoms. The molecular weight excluding hydrogens is 736 g/mol. The summed E-state index contributed by atoms with van der Waals surface area (Å²) in [5, 5.41) is 124. The Labute approximate surface area is 310 Å². The summed E-state index contributed by atoms with van der Waals surface area (Å²) in [5.74, 6) is -4.66. The van der Waals surface area contributed by atoms with E-state index in [1.165, 1.54) is 42.5 Å². The van der Waals surface area contributed by atoms with Gasteiger partial charge in [0.25, 0.3) is 0 Å². The zero-order valence-electron chi connectivity index (χ0n) is 28.3. The summed E-state index contributed by atoms with van der Waals surface area (Å²) in [5.41, 5.74) is 0.451. The van der Waals surface area contributed by atoms with Gasteiger partial charge in [-0.1, -0.05) is 12.1 Å². The molecule has 3 aliphatic heterocycles. The molecule has 4 aliphatic rings. The van der Waals surface area contributed by atoms with Crippen molar-refractivity contribution in [3.63, 3.8) is 0 Å². The minimum absolute atomic E-state index is 0.0203. The van der Waals surface area contributed by atoms with Crippen LogP contribution in [0.4, 0.5) is 0 Å². The second kappa shape index (κ2) is 16.2. The van der Waals surface area contributed by atoms with Gasteiger partial charge in [0.2, 0.25) is 12.6 Å². The van der Waals surface area contributed by atoms with Crippen LogP contribution in [-0.4, -0.2) is 148 Å². The van der Waals surface area contributed by atoms with Crippen molar-refractivity contribution in [3.8, 4) is 23.0 Å². The van der Waals surface area contributed by atoms with Crippen LogP contribution in [0, 0.1) is 0 Å². The highest BCUT2D eigenvalue weighted by Crippen LogP contribution is 2.43. The van der Waals surface area contributed by atoms with Crippen molar-refractivity contribution >= 4 is 17.8 Å². The Bertz CT molecular complexity index is 1880.